The third-order valence-electron chi connectivity index (χ3n) is 6.18. The molecule has 5 rings (SSSR count). The highest BCUT2D eigenvalue weighted by Gasteiger charge is 2.33. The first-order chi connectivity index (χ1) is 15.3. The molecule has 2 aromatic heterocycles. The van der Waals surface area contributed by atoms with Crippen LogP contribution < -0.4 is 11.2 Å². The third-order valence-corrected chi connectivity index (χ3v) is 6.18. The Morgan fingerprint density at radius 1 is 0.969 bits per heavy atom. The van der Waals surface area contributed by atoms with Gasteiger partial charge in [-0.25, -0.2) is 4.79 Å². The molecule has 32 heavy (non-hydrogen) atoms. The Morgan fingerprint density at radius 2 is 1.69 bits per heavy atom. The molecule has 2 N–H and O–H groups in total. The lowest BCUT2D eigenvalue weighted by molar-refractivity contribution is 0.0477. The van der Waals surface area contributed by atoms with E-state index in [9.17, 15) is 19.8 Å². The normalized spacial score (nSPS) is 15.8. The largest absolute Gasteiger partial charge is 0.504 e. The number of ether oxygens (including phenoxy) is 1. The summed E-state index contributed by atoms with van der Waals surface area (Å²) in [5.74, 6) is -0.492. The maximum Gasteiger partial charge on any atom is 0.331 e. The van der Waals surface area contributed by atoms with Crippen LogP contribution in [0.5, 0.6) is 11.5 Å². The summed E-state index contributed by atoms with van der Waals surface area (Å²) in [6.45, 7) is 2.89. The summed E-state index contributed by atoms with van der Waals surface area (Å²) >= 11 is 0. The van der Waals surface area contributed by atoms with Gasteiger partial charge in [-0.05, 0) is 30.2 Å². The smallest absolute Gasteiger partial charge is 0.331 e. The van der Waals surface area contributed by atoms with Crippen molar-refractivity contribution in [1.29, 1.82) is 0 Å². The molecule has 0 amide bonds. The van der Waals surface area contributed by atoms with Crippen molar-refractivity contribution in [3.05, 3.63) is 80.1 Å². The van der Waals surface area contributed by atoms with Gasteiger partial charge in [-0.2, -0.15) is 0 Å². The molecule has 164 valence electrons. The lowest BCUT2D eigenvalue weighted by atomic mass is 10.0. The SMILES string of the molecule is Cc1ccc(-c2c3c(=O)n(C)c(=O)n(C)c3c3n2CCOC3c2ccc(O)c(O)c2)cc1. The van der Waals surface area contributed by atoms with Crippen LogP contribution in [0.2, 0.25) is 0 Å². The minimum atomic E-state index is -0.630. The Morgan fingerprint density at radius 3 is 2.38 bits per heavy atom. The average molecular weight is 433 g/mol. The second-order valence-corrected chi connectivity index (χ2v) is 8.18. The maximum absolute atomic E-state index is 13.3. The van der Waals surface area contributed by atoms with E-state index in [1.54, 1.807) is 13.1 Å². The van der Waals surface area contributed by atoms with Crippen LogP contribution in [-0.2, 0) is 25.4 Å². The van der Waals surface area contributed by atoms with E-state index in [-0.39, 0.29) is 17.1 Å². The molecule has 0 radical (unpaired) electrons. The summed E-state index contributed by atoms with van der Waals surface area (Å²) in [6.07, 6.45) is -0.630. The first-order valence-corrected chi connectivity index (χ1v) is 10.3. The first-order valence-electron chi connectivity index (χ1n) is 10.3. The maximum atomic E-state index is 13.3. The van der Waals surface area contributed by atoms with Gasteiger partial charge in [0.1, 0.15) is 6.10 Å². The van der Waals surface area contributed by atoms with E-state index in [1.165, 1.54) is 23.7 Å². The minimum Gasteiger partial charge on any atom is -0.504 e. The molecule has 2 aromatic carbocycles. The topological polar surface area (TPSA) is 98.6 Å². The molecule has 1 atom stereocenters. The predicted octanol–water partition coefficient (Wildman–Crippen LogP) is 2.54. The zero-order chi connectivity index (χ0) is 22.7. The number of benzene rings is 2. The van der Waals surface area contributed by atoms with Crippen LogP contribution in [0, 0.1) is 6.92 Å². The lowest BCUT2D eigenvalue weighted by Gasteiger charge is -2.28. The first kappa shape index (κ1) is 20.1. The van der Waals surface area contributed by atoms with Gasteiger partial charge >= 0.3 is 5.69 Å². The quantitative estimate of drug-likeness (QED) is 0.474. The molecular formula is C24H23N3O5. The van der Waals surface area contributed by atoms with Crippen molar-refractivity contribution < 1.29 is 14.9 Å². The number of phenols is 2. The molecule has 0 aliphatic carbocycles. The summed E-state index contributed by atoms with van der Waals surface area (Å²) in [6, 6.07) is 12.4. The number of hydrogen-bond acceptors (Lipinski definition) is 5. The molecule has 1 aliphatic rings. The van der Waals surface area contributed by atoms with Gasteiger partial charge in [0.2, 0.25) is 0 Å². The van der Waals surface area contributed by atoms with E-state index in [0.717, 1.165) is 21.4 Å². The second-order valence-electron chi connectivity index (χ2n) is 8.18. The molecule has 0 bridgehead atoms. The van der Waals surface area contributed by atoms with Crippen molar-refractivity contribution in [1.82, 2.24) is 13.7 Å². The summed E-state index contributed by atoms with van der Waals surface area (Å²) in [4.78, 5) is 26.2. The number of nitrogens with zero attached hydrogens (tertiary/aromatic N) is 3. The Balaban J connectivity index is 1.93. The molecule has 1 aliphatic heterocycles. The van der Waals surface area contributed by atoms with Gasteiger partial charge in [0.15, 0.2) is 11.5 Å². The molecular weight excluding hydrogens is 410 g/mol. The molecule has 1 unspecified atom stereocenters. The van der Waals surface area contributed by atoms with Gasteiger partial charge in [-0.15, -0.1) is 0 Å². The molecule has 0 fully saturated rings. The molecule has 3 heterocycles. The monoisotopic (exact) mass is 433 g/mol. The van der Waals surface area contributed by atoms with Crippen molar-refractivity contribution in [2.75, 3.05) is 6.61 Å². The standard InChI is InChI=1S/C24H23N3O5/c1-13-4-6-14(7-5-13)19-18-20(25(2)24(31)26(3)23(18)30)21-22(32-11-10-27(19)21)15-8-9-16(28)17(29)12-15/h4-9,12,22,28-29H,10-11H2,1-3H3. The Kier molecular flexibility index (Phi) is 4.49. The molecule has 4 aromatic rings. The fraction of sp³-hybridized carbons (Fsp3) is 0.250. The number of aromatic nitrogens is 3. The lowest BCUT2D eigenvalue weighted by Crippen LogP contribution is -2.37. The van der Waals surface area contributed by atoms with Crippen LogP contribution in [-0.4, -0.2) is 30.5 Å². The number of phenolic OH excluding ortho intramolecular Hbond substituents is 2. The van der Waals surface area contributed by atoms with E-state index in [1.807, 2.05) is 35.8 Å². The van der Waals surface area contributed by atoms with Crippen LogP contribution in [0.4, 0.5) is 0 Å². The summed E-state index contributed by atoms with van der Waals surface area (Å²) in [5.41, 5.74) is 3.71. The summed E-state index contributed by atoms with van der Waals surface area (Å²) in [7, 11) is 3.12. The summed E-state index contributed by atoms with van der Waals surface area (Å²) in [5, 5.41) is 20.3. The molecule has 0 saturated carbocycles. The van der Waals surface area contributed by atoms with Crippen LogP contribution in [0.25, 0.3) is 22.2 Å². The van der Waals surface area contributed by atoms with Crippen molar-refractivity contribution in [3.63, 3.8) is 0 Å². The Labute approximate surface area is 183 Å². The highest BCUT2D eigenvalue weighted by Crippen LogP contribution is 2.41. The predicted molar refractivity (Wildman–Crippen MR) is 120 cm³/mol. The second kappa shape index (κ2) is 7.13. The number of aryl methyl sites for hydroxylation is 2. The van der Waals surface area contributed by atoms with Crippen molar-refractivity contribution >= 4 is 10.9 Å². The van der Waals surface area contributed by atoms with Gasteiger partial charge in [-0.3, -0.25) is 13.9 Å². The van der Waals surface area contributed by atoms with Crippen molar-refractivity contribution in [2.45, 2.75) is 19.6 Å². The van der Waals surface area contributed by atoms with Crippen molar-refractivity contribution in [3.8, 4) is 22.8 Å². The highest BCUT2D eigenvalue weighted by atomic mass is 16.5. The number of aromatic hydroxyl groups is 2. The van der Waals surface area contributed by atoms with E-state index in [2.05, 4.69) is 0 Å². The van der Waals surface area contributed by atoms with Gasteiger partial charge in [-0.1, -0.05) is 35.9 Å². The average Bonchev–Trinajstić information content (AvgIpc) is 3.14. The fourth-order valence-corrected chi connectivity index (χ4v) is 4.55. The fourth-order valence-electron chi connectivity index (χ4n) is 4.55. The minimum absolute atomic E-state index is 0.230. The van der Waals surface area contributed by atoms with E-state index >= 15 is 0 Å². The van der Waals surface area contributed by atoms with Crippen LogP contribution >= 0.6 is 0 Å². The van der Waals surface area contributed by atoms with Crippen LogP contribution in [0.1, 0.15) is 22.9 Å². The summed E-state index contributed by atoms with van der Waals surface area (Å²) < 4.78 is 10.7. The molecule has 0 saturated heterocycles. The molecule has 8 nitrogen and oxygen atoms in total. The van der Waals surface area contributed by atoms with Gasteiger partial charge in [0.25, 0.3) is 5.56 Å². The third kappa shape index (κ3) is 2.80. The molecule has 0 spiro atoms. The Bertz CT molecular complexity index is 1490. The molecule has 8 heteroatoms. The zero-order valence-corrected chi connectivity index (χ0v) is 18.0. The van der Waals surface area contributed by atoms with E-state index < -0.39 is 11.8 Å². The number of fused-ring (bicyclic) bond motifs is 3. The van der Waals surface area contributed by atoms with E-state index in [4.69, 9.17) is 4.74 Å². The zero-order valence-electron chi connectivity index (χ0n) is 18.0. The van der Waals surface area contributed by atoms with Gasteiger partial charge < -0.3 is 19.5 Å². The van der Waals surface area contributed by atoms with Crippen LogP contribution in [0.3, 0.4) is 0 Å². The highest BCUT2D eigenvalue weighted by molar-refractivity contribution is 5.96. The number of hydrogen-bond donors (Lipinski definition) is 2. The van der Waals surface area contributed by atoms with Gasteiger partial charge in [0, 0.05) is 20.6 Å². The Hall–Kier alpha value is -3.78. The number of rotatable bonds is 2. The van der Waals surface area contributed by atoms with Crippen LogP contribution in [0.15, 0.2) is 52.1 Å². The van der Waals surface area contributed by atoms with E-state index in [0.29, 0.717) is 35.3 Å². The van der Waals surface area contributed by atoms with Gasteiger partial charge in [0.05, 0.1) is 28.9 Å². The van der Waals surface area contributed by atoms with Crippen molar-refractivity contribution in [2.24, 2.45) is 14.1 Å².